The van der Waals surface area contributed by atoms with Gasteiger partial charge in [-0.2, -0.15) is 0 Å². The predicted molar refractivity (Wildman–Crippen MR) is 63.2 cm³/mol. The smallest absolute Gasteiger partial charge is 0.0225 e. The SMILES string of the molecule is c1c2c(n3c1CCCCCC3)CCCC2. The van der Waals surface area contributed by atoms with Gasteiger partial charge in [-0.1, -0.05) is 12.8 Å². The molecule has 0 aromatic carbocycles. The molecule has 2 aliphatic rings. The van der Waals surface area contributed by atoms with Crippen molar-refractivity contribution in [3.05, 3.63) is 23.0 Å². The minimum absolute atomic E-state index is 1.30. The van der Waals surface area contributed by atoms with Crippen molar-refractivity contribution in [2.75, 3.05) is 0 Å². The van der Waals surface area contributed by atoms with E-state index >= 15 is 0 Å². The van der Waals surface area contributed by atoms with E-state index in [0.29, 0.717) is 0 Å². The Morgan fingerprint density at radius 2 is 1.60 bits per heavy atom. The second-order valence-electron chi connectivity index (χ2n) is 5.13. The molecule has 0 saturated carbocycles. The van der Waals surface area contributed by atoms with Crippen molar-refractivity contribution in [3.63, 3.8) is 0 Å². The summed E-state index contributed by atoms with van der Waals surface area (Å²) < 4.78 is 2.66. The molecule has 1 aliphatic carbocycles. The van der Waals surface area contributed by atoms with Gasteiger partial charge in [-0.3, -0.25) is 0 Å². The largest absolute Gasteiger partial charge is 0.348 e. The van der Waals surface area contributed by atoms with Gasteiger partial charge in [0.1, 0.15) is 0 Å². The summed E-state index contributed by atoms with van der Waals surface area (Å²) in [7, 11) is 0. The molecular formula is C14H21N. The quantitative estimate of drug-likeness (QED) is 0.608. The third kappa shape index (κ3) is 1.73. The van der Waals surface area contributed by atoms with Gasteiger partial charge in [0.25, 0.3) is 0 Å². The first-order valence-electron chi connectivity index (χ1n) is 6.65. The van der Waals surface area contributed by atoms with Crippen molar-refractivity contribution in [2.24, 2.45) is 0 Å². The van der Waals surface area contributed by atoms with Crippen LogP contribution >= 0.6 is 0 Å². The van der Waals surface area contributed by atoms with Crippen molar-refractivity contribution in [3.8, 4) is 0 Å². The first-order valence-corrected chi connectivity index (χ1v) is 6.65. The number of hydrogen-bond donors (Lipinski definition) is 0. The zero-order chi connectivity index (χ0) is 10.1. The molecule has 1 heteroatoms. The van der Waals surface area contributed by atoms with E-state index in [4.69, 9.17) is 0 Å². The highest BCUT2D eigenvalue weighted by atomic mass is 15.0. The first-order chi connectivity index (χ1) is 7.45. The molecular weight excluding hydrogens is 182 g/mol. The molecule has 3 rings (SSSR count). The Balaban J connectivity index is 1.98. The van der Waals surface area contributed by atoms with E-state index in [1.54, 1.807) is 17.0 Å². The lowest BCUT2D eigenvalue weighted by atomic mass is 9.98. The average Bonchev–Trinajstić information content (AvgIpc) is 2.55. The predicted octanol–water partition coefficient (Wildman–Crippen LogP) is 3.48. The fourth-order valence-electron chi connectivity index (χ4n) is 3.24. The second kappa shape index (κ2) is 4.03. The highest BCUT2D eigenvalue weighted by Gasteiger charge is 2.18. The van der Waals surface area contributed by atoms with Crippen molar-refractivity contribution in [1.82, 2.24) is 4.57 Å². The summed E-state index contributed by atoms with van der Waals surface area (Å²) in [5.74, 6) is 0. The molecule has 1 aliphatic heterocycles. The second-order valence-corrected chi connectivity index (χ2v) is 5.13. The topological polar surface area (TPSA) is 4.93 Å². The molecule has 0 spiro atoms. The minimum atomic E-state index is 1.30. The van der Waals surface area contributed by atoms with E-state index < -0.39 is 0 Å². The molecule has 1 aromatic heterocycles. The summed E-state index contributed by atoms with van der Waals surface area (Å²) in [6.45, 7) is 1.30. The molecule has 1 aromatic rings. The van der Waals surface area contributed by atoms with E-state index in [1.807, 2.05) is 0 Å². The molecule has 2 heterocycles. The van der Waals surface area contributed by atoms with Gasteiger partial charge in [-0.05, 0) is 56.6 Å². The highest BCUT2D eigenvalue weighted by Crippen LogP contribution is 2.27. The van der Waals surface area contributed by atoms with Gasteiger partial charge < -0.3 is 4.57 Å². The molecule has 0 radical (unpaired) electrons. The maximum atomic E-state index is 2.66. The summed E-state index contributed by atoms with van der Waals surface area (Å²) in [5.41, 5.74) is 5.01. The van der Waals surface area contributed by atoms with Gasteiger partial charge >= 0.3 is 0 Å². The lowest BCUT2D eigenvalue weighted by molar-refractivity contribution is 0.503. The van der Waals surface area contributed by atoms with Crippen molar-refractivity contribution >= 4 is 0 Å². The summed E-state index contributed by atoms with van der Waals surface area (Å²) in [6.07, 6.45) is 12.5. The molecule has 0 unspecified atom stereocenters. The fourth-order valence-corrected chi connectivity index (χ4v) is 3.24. The standard InChI is InChI=1S/C14H21N/c1-2-6-10-15-13(8-3-1)11-12-7-4-5-9-14(12)15/h11H,1-10H2. The van der Waals surface area contributed by atoms with Gasteiger partial charge in [0.05, 0.1) is 0 Å². The molecule has 0 N–H and O–H groups in total. The van der Waals surface area contributed by atoms with Crippen molar-refractivity contribution in [2.45, 2.75) is 64.3 Å². The Hall–Kier alpha value is -0.720. The Morgan fingerprint density at radius 1 is 0.800 bits per heavy atom. The fraction of sp³-hybridized carbons (Fsp3) is 0.714. The Labute approximate surface area is 92.5 Å². The number of aromatic nitrogens is 1. The summed E-state index contributed by atoms with van der Waals surface area (Å²) >= 11 is 0. The van der Waals surface area contributed by atoms with Crippen LogP contribution < -0.4 is 0 Å². The van der Waals surface area contributed by atoms with E-state index in [9.17, 15) is 0 Å². The maximum absolute atomic E-state index is 2.66. The zero-order valence-electron chi connectivity index (χ0n) is 9.60. The van der Waals surface area contributed by atoms with Crippen molar-refractivity contribution in [1.29, 1.82) is 0 Å². The molecule has 0 saturated heterocycles. The molecule has 0 fully saturated rings. The van der Waals surface area contributed by atoms with E-state index in [0.717, 1.165) is 0 Å². The Morgan fingerprint density at radius 3 is 2.60 bits per heavy atom. The molecule has 0 atom stereocenters. The number of fused-ring (bicyclic) bond motifs is 3. The van der Waals surface area contributed by atoms with E-state index in [2.05, 4.69) is 10.6 Å². The van der Waals surface area contributed by atoms with Gasteiger partial charge in [-0.25, -0.2) is 0 Å². The van der Waals surface area contributed by atoms with Crippen LogP contribution in [0.2, 0.25) is 0 Å². The Bertz CT molecular complexity index is 348. The van der Waals surface area contributed by atoms with Gasteiger partial charge in [-0.15, -0.1) is 0 Å². The van der Waals surface area contributed by atoms with Crippen molar-refractivity contribution < 1.29 is 0 Å². The van der Waals surface area contributed by atoms with Crippen LogP contribution in [-0.2, 0) is 25.8 Å². The number of hydrogen-bond acceptors (Lipinski definition) is 0. The average molecular weight is 203 g/mol. The molecule has 1 nitrogen and oxygen atoms in total. The monoisotopic (exact) mass is 203 g/mol. The van der Waals surface area contributed by atoms with Crippen LogP contribution in [0, 0.1) is 0 Å². The number of rotatable bonds is 0. The van der Waals surface area contributed by atoms with E-state index in [1.165, 1.54) is 64.3 Å². The molecule has 0 bridgehead atoms. The molecule has 15 heavy (non-hydrogen) atoms. The van der Waals surface area contributed by atoms with Crippen LogP contribution in [0.3, 0.4) is 0 Å². The minimum Gasteiger partial charge on any atom is -0.348 e. The summed E-state index contributed by atoms with van der Waals surface area (Å²) in [4.78, 5) is 0. The lowest BCUT2D eigenvalue weighted by Crippen LogP contribution is -2.12. The van der Waals surface area contributed by atoms with Crippen LogP contribution in [0.15, 0.2) is 6.07 Å². The molecule has 82 valence electrons. The van der Waals surface area contributed by atoms with Crippen LogP contribution in [0.1, 0.15) is 55.5 Å². The maximum Gasteiger partial charge on any atom is 0.0225 e. The summed E-state index contributed by atoms with van der Waals surface area (Å²) in [5, 5.41) is 0. The van der Waals surface area contributed by atoms with Crippen LogP contribution in [0.5, 0.6) is 0 Å². The zero-order valence-corrected chi connectivity index (χ0v) is 9.60. The number of aryl methyl sites for hydroxylation is 2. The lowest BCUT2D eigenvalue weighted by Gasteiger charge is -2.18. The normalized spacial score (nSPS) is 21.3. The van der Waals surface area contributed by atoms with Crippen LogP contribution in [-0.4, -0.2) is 4.57 Å². The number of nitrogens with zero attached hydrogens (tertiary/aromatic N) is 1. The van der Waals surface area contributed by atoms with Gasteiger partial charge in [0.2, 0.25) is 0 Å². The molecule has 0 amide bonds. The van der Waals surface area contributed by atoms with Gasteiger partial charge in [0, 0.05) is 17.9 Å². The summed E-state index contributed by atoms with van der Waals surface area (Å²) in [6, 6.07) is 2.51. The Kier molecular flexibility index (Phi) is 2.56. The van der Waals surface area contributed by atoms with Crippen LogP contribution in [0.25, 0.3) is 0 Å². The first kappa shape index (κ1) is 9.50. The van der Waals surface area contributed by atoms with Gasteiger partial charge in [0.15, 0.2) is 0 Å². The highest BCUT2D eigenvalue weighted by molar-refractivity contribution is 5.30. The van der Waals surface area contributed by atoms with Crippen LogP contribution in [0.4, 0.5) is 0 Å². The third-order valence-electron chi connectivity index (χ3n) is 4.06. The third-order valence-corrected chi connectivity index (χ3v) is 4.06. The van der Waals surface area contributed by atoms with E-state index in [-0.39, 0.29) is 0 Å².